The summed E-state index contributed by atoms with van der Waals surface area (Å²) in [5.41, 5.74) is 6.31. The minimum atomic E-state index is -0.338. The van der Waals surface area contributed by atoms with Gasteiger partial charge in [0.05, 0.1) is 11.4 Å². The van der Waals surface area contributed by atoms with Gasteiger partial charge in [-0.3, -0.25) is 25.2 Å². The molecule has 1 fully saturated rings. The van der Waals surface area contributed by atoms with Crippen LogP contribution in [0.1, 0.15) is 39.0 Å². The molecule has 11 heteroatoms. The number of hydrogen-bond donors (Lipinski definition) is 3. The van der Waals surface area contributed by atoms with Gasteiger partial charge in [0.2, 0.25) is 22.9 Å². The number of hydrazine groups is 1. The van der Waals surface area contributed by atoms with Crippen LogP contribution in [-0.2, 0) is 14.4 Å². The first-order valence-corrected chi connectivity index (χ1v) is 10.4. The number of nitrogens with zero attached hydrogens (tertiary/aromatic N) is 4. The molecule has 0 atom stereocenters. The molecule has 0 aliphatic heterocycles. The number of amides is 3. The maximum atomic E-state index is 12.1. The fraction of sp³-hybridized carbons (Fsp3) is 0.444. The van der Waals surface area contributed by atoms with Gasteiger partial charge in [-0.1, -0.05) is 31.0 Å². The molecule has 1 aromatic carbocycles. The fourth-order valence-electron chi connectivity index (χ4n) is 3.08. The van der Waals surface area contributed by atoms with Crippen LogP contribution in [0, 0.1) is 5.92 Å². The number of rotatable bonds is 6. The van der Waals surface area contributed by atoms with Crippen molar-refractivity contribution in [2.75, 3.05) is 11.1 Å². The summed E-state index contributed by atoms with van der Waals surface area (Å²) in [4.78, 5) is 35.2. The molecule has 2 aromatic rings. The van der Waals surface area contributed by atoms with E-state index < -0.39 is 0 Å². The van der Waals surface area contributed by atoms with E-state index in [0.717, 1.165) is 43.9 Å². The molecule has 3 rings (SSSR count). The third-order valence-electron chi connectivity index (χ3n) is 4.51. The number of benzene rings is 1. The Morgan fingerprint density at radius 3 is 2.52 bits per heavy atom. The third-order valence-corrected chi connectivity index (χ3v) is 5.43. The van der Waals surface area contributed by atoms with Crippen molar-refractivity contribution in [3.63, 3.8) is 0 Å². The standard InChI is InChI=1S/C18H23N7O3S/c1-12(26)19-14-7-9-15(10-8-14)25-18(22-23-24-25)29-11-16(27)20-21-17(28)13-5-3-2-4-6-13/h7-10,13H,2-6,11H2,1H3,(H,19,26)(H,20,27)(H,21,28). The monoisotopic (exact) mass is 417 g/mol. The molecule has 154 valence electrons. The average Bonchev–Trinajstić information content (AvgIpc) is 3.20. The SMILES string of the molecule is CC(=O)Nc1ccc(-n2nnnc2SCC(=O)NNC(=O)C2CCCCC2)cc1. The summed E-state index contributed by atoms with van der Waals surface area (Å²) in [7, 11) is 0. The van der Waals surface area contributed by atoms with Crippen molar-refractivity contribution in [3.8, 4) is 5.69 Å². The van der Waals surface area contributed by atoms with Gasteiger partial charge >= 0.3 is 0 Å². The number of tetrazole rings is 1. The molecule has 0 radical (unpaired) electrons. The molecule has 0 spiro atoms. The number of anilines is 1. The normalized spacial score (nSPS) is 14.2. The molecule has 1 aliphatic rings. The van der Waals surface area contributed by atoms with Crippen molar-refractivity contribution < 1.29 is 14.4 Å². The predicted molar refractivity (Wildman–Crippen MR) is 107 cm³/mol. The Kier molecular flexibility index (Phi) is 7.17. The second-order valence-corrected chi connectivity index (χ2v) is 7.70. The second-order valence-electron chi connectivity index (χ2n) is 6.76. The Balaban J connectivity index is 1.50. The van der Waals surface area contributed by atoms with E-state index in [2.05, 4.69) is 31.7 Å². The van der Waals surface area contributed by atoms with Crippen molar-refractivity contribution in [2.45, 2.75) is 44.2 Å². The molecule has 10 nitrogen and oxygen atoms in total. The maximum absolute atomic E-state index is 12.1. The number of hydrogen-bond acceptors (Lipinski definition) is 7. The lowest BCUT2D eigenvalue weighted by Gasteiger charge is -2.20. The highest BCUT2D eigenvalue weighted by Crippen LogP contribution is 2.23. The number of thioether (sulfide) groups is 1. The molecule has 0 saturated heterocycles. The van der Waals surface area contributed by atoms with E-state index >= 15 is 0 Å². The van der Waals surface area contributed by atoms with E-state index in [1.54, 1.807) is 24.3 Å². The summed E-state index contributed by atoms with van der Waals surface area (Å²) < 4.78 is 1.50. The molecule has 0 bridgehead atoms. The van der Waals surface area contributed by atoms with Crippen LogP contribution in [0.5, 0.6) is 0 Å². The zero-order chi connectivity index (χ0) is 20.6. The first kappa shape index (κ1) is 20.8. The van der Waals surface area contributed by atoms with Crippen LogP contribution in [0.4, 0.5) is 5.69 Å². The van der Waals surface area contributed by atoms with E-state index in [4.69, 9.17) is 0 Å². The van der Waals surface area contributed by atoms with Crippen molar-refractivity contribution in [1.29, 1.82) is 0 Å². The van der Waals surface area contributed by atoms with Gasteiger partial charge in [-0.2, -0.15) is 4.68 Å². The fourth-order valence-corrected chi connectivity index (χ4v) is 3.78. The molecular weight excluding hydrogens is 394 g/mol. The lowest BCUT2D eigenvalue weighted by molar-refractivity contribution is -0.131. The molecule has 1 aliphatic carbocycles. The molecule has 3 N–H and O–H groups in total. The summed E-state index contributed by atoms with van der Waals surface area (Å²) in [5.74, 6) is -0.598. The van der Waals surface area contributed by atoms with Gasteiger partial charge in [0, 0.05) is 18.5 Å². The van der Waals surface area contributed by atoms with Crippen molar-refractivity contribution in [3.05, 3.63) is 24.3 Å². The number of nitrogens with one attached hydrogen (secondary N) is 3. The Morgan fingerprint density at radius 1 is 1.10 bits per heavy atom. The molecule has 0 unspecified atom stereocenters. The van der Waals surface area contributed by atoms with Gasteiger partial charge in [-0.05, 0) is 47.5 Å². The van der Waals surface area contributed by atoms with Crippen LogP contribution in [0.2, 0.25) is 0 Å². The lowest BCUT2D eigenvalue weighted by atomic mass is 9.89. The summed E-state index contributed by atoms with van der Waals surface area (Å²) in [6.45, 7) is 1.44. The van der Waals surface area contributed by atoms with E-state index in [-0.39, 0.29) is 29.4 Å². The molecule has 1 saturated carbocycles. The Hall–Kier alpha value is -2.95. The van der Waals surface area contributed by atoms with Crippen LogP contribution in [-0.4, -0.2) is 43.7 Å². The zero-order valence-electron chi connectivity index (χ0n) is 16.1. The van der Waals surface area contributed by atoms with Gasteiger partial charge < -0.3 is 5.32 Å². The summed E-state index contributed by atoms with van der Waals surface area (Å²) >= 11 is 1.15. The smallest absolute Gasteiger partial charge is 0.248 e. The molecule has 1 aromatic heterocycles. The van der Waals surface area contributed by atoms with Crippen molar-refractivity contribution >= 4 is 35.2 Å². The molecular formula is C18H23N7O3S. The summed E-state index contributed by atoms with van der Waals surface area (Å²) in [5, 5.41) is 14.6. The topological polar surface area (TPSA) is 131 Å². The van der Waals surface area contributed by atoms with Crippen molar-refractivity contribution in [2.24, 2.45) is 5.92 Å². The Morgan fingerprint density at radius 2 is 1.83 bits per heavy atom. The van der Waals surface area contributed by atoms with Crippen LogP contribution >= 0.6 is 11.8 Å². The van der Waals surface area contributed by atoms with Crippen LogP contribution in [0.3, 0.4) is 0 Å². The highest BCUT2D eigenvalue weighted by Gasteiger charge is 2.21. The molecule has 1 heterocycles. The number of carbonyl (C=O) groups is 3. The van der Waals surface area contributed by atoms with Gasteiger partial charge in [-0.15, -0.1) is 5.10 Å². The van der Waals surface area contributed by atoms with Crippen LogP contribution < -0.4 is 16.2 Å². The van der Waals surface area contributed by atoms with Crippen molar-refractivity contribution in [1.82, 2.24) is 31.1 Å². The maximum Gasteiger partial charge on any atom is 0.248 e. The van der Waals surface area contributed by atoms with Gasteiger partial charge in [-0.25, -0.2) is 0 Å². The molecule has 3 amide bonds. The average molecular weight is 417 g/mol. The summed E-state index contributed by atoms with van der Waals surface area (Å²) in [6.07, 6.45) is 5.00. The third kappa shape index (κ3) is 6.01. The van der Waals surface area contributed by atoms with E-state index in [9.17, 15) is 14.4 Å². The Bertz CT molecular complexity index is 863. The first-order valence-electron chi connectivity index (χ1n) is 9.41. The van der Waals surface area contributed by atoms with Crippen LogP contribution in [0.15, 0.2) is 29.4 Å². The number of carbonyl (C=O) groups excluding carboxylic acids is 3. The summed E-state index contributed by atoms with van der Waals surface area (Å²) in [6, 6.07) is 6.99. The van der Waals surface area contributed by atoms with Gasteiger partial charge in [0.15, 0.2) is 0 Å². The second kappa shape index (κ2) is 10.0. The van der Waals surface area contributed by atoms with Gasteiger partial charge in [0.25, 0.3) is 0 Å². The van der Waals surface area contributed by atoms with E-state index in [1.807, 2.05) is 0 Å². The van der Waals surface area contributed by atoms with E-state index in [0.29, 0.717) is 16.5 Å². The minimum Gasteiger partial charge on any atom is -0.326 e. The van der Waals surface area contributed by atoms with Gasteiger partial charge in [0.1, 0.15) is 0 Å². The number of aromatic nitrogens is 4. The largest absolute Gasteiger partial charge is 0.326 e. The minimum absolute atomic E-state index is 0.0236. The zero-order valence-corrected chi connectivity index (χ0v) is 16.9. The van der Waals surface area contributed by atoms with Crippen LogP contribution in [0.25, 0.3) is 5.69 Å². The quantitative estimate of drug-likeness (QED) is 0.479. The Labute approximate surface area is 172 Å². The molecule has 29 heavy (non-hydrogen) atoms. The highest BCUT2D eigenvalue weighted by molar-refractivity contribution is 7.99. The highest BCUT2D eigenvalue weighted by atomic mass is 32.2. The lowest BCUT2D eigenvalue weighted by Crippen LogP contribution is -2.45. The van der Waals surface area contributed by atoms with E-state index in [1.165, 1.54) is 11.6 Å². The predicted octanol–water partition coefficient (Wildman–Crippen LogP) is 1.44. The first-order chi connectivity index (χ1) is 14.0.